The largest absolute Gasteiger partial charge is 0.490 e. The Kier molecular flexibility index (Phi) is 7.55. The molecular formula is C19H19F2NO6. The molecule has 0 atom stereocenters. The molecule has 1 amide bonds. The monoisotopic (exact) mass is 395 g/mol. The van der Waals surface area contributed by atoms with Crippen LogP contribution in [0.4, 0.5) is 8.78 Å². The van der Waals surface area contributed by atoms with E-state index >= 15 is 0 Å². The molecule has 9 heteroatoms. The van der Waals surface area contributed by atoms with Crippen molar-refractivity contribution in [2.24, 2.45) is 0 Å². The molecule has 2 aromatic rings. The fourth-order valence-corrected chi connectivity index (χ4v) is 2.25. The number of ether oxygens (including phenoxy) is 3. The van der Waals surface area contributed by atoms with E-state index in [-0.39, 0.29) is 23.8 Å². The first-order valence-electron chi connectivity index (χ1n) is 8.32. The summed E-state index contributed by atoms with van der Waals surface area (Å²) in [7, 11) is 0. The highest BCUT2D eigenvalue weighted by Gasteiger charge is 2.13. The number of benzene rings is 2. The van der Waals surface area contributed by atoms with E-state index in [2.05, 4.69) is 10.1 Å². The predicted molar refractivity (Wildman–Crippen MR) is 95.0 cm³/mol. The summed E-state index contributed by atoms with van der Waals surface area (Å²) in [5.74, 6) is -1.02. The van der Waals surface area contributed by atoms with E-state index < -0.39 is 25.1 Å². The zero-order chi connectivity index (χ0) is 20.5. The average molecular weight is 395 g/mol. The summed E-state index contributed by atoms with van der Waals surface area (Å²) in [6.45, 7) is -1.20. The number of carbonyl (C=O) groups is 2. The number of nitrogens with one attached hydrogen (secondary N) is 1. The molecule has 0 spiro atoms. The second kappa shape index (κ2) is 10.1. The highest BCUT2D eigenvalue weighted by molar-refractivity contribution is 5.94. The van der Waals surface area contributed by atoms with Gasteiger partial charge in [0.15, 0.2) is 18.1 Å². The molecule has 2 N–H and O–H groups in total. The molecule has 0 saturated carbocycles. The molecule has 0 unspecified atom stereocenters. The van der Waals surface area contributed by atoms with E-state index in [1.165, 1.54) is 30.3 Å². The minimum atomic E-state index is -2.90. The zero-order valence-electron chi connectivity index (χ0n) is 15.0. The quantitative estimate of drug-likeness (QED) is 0.642. The molecule has 2 aromatic carbocycles. The summed E-state index contributed by atoms with van der Waals surface area (Å²) in [5.41, 5.74) is 0.991. The lowest BCUT2D eigenvalue weighted by molar-refractivity contribution is -0.139. The van der Waals surface area contributed by atoms with Crippen LogP contribution in [0.15, 0.2) is 42.5 Å². The fraction of sp³-hybridized carbons (Fsp3) is 0.263. The van der Waals surface area contributed by atoms with Crippen molar-refractivity contribution in [3.05, 3.63) is 53.6 Å². The lowest BCUT2D eigenvalue weighted by Crippen LogP contribution is -2.23. The van der Waals surface area contributed by atoms with Crippen LogP contribution >= 0.6 is 0 Å². The van der Waals surface area contributed by atoms with Crippen LogP contribution < -0.4 is 19.5 Å². The number of rotatable bonds is 10. The van der Waals surface area contributed by atoms with E-state index in [0.717, 1.165) is 0 Å². The predicted octanol–water partition coefficient (Wildman–Crippen LogP) is 3.08. The highest BCUT2D eigenvalue weighted by atomic mass is 19.3. The first-order valence-corrected chi connectivity index (χ1v) is 8.32. The second-order valence-electron chi connectivity index (χ2n) is 5.48. The molecule has 0 bridgehead atoms. The van der Waals surface area contributed by atoms with Crippen molar-refractivity contribution in [1.82, 2.24) is 5.32 Å². The van der Waals surface area contributed by atoms with E-state index in [9.17, 15) is 18.4 Å². The highest BCUT2D eigenvalue weighted by Crippen LogP contribution is 2.28. The van der Waals surface area contributed by atoms with Gasteiger partial charge in [-0.05, 0) is 42.8 Å². The van der Waals surface area contributed by atoms with Crippen LogP contribution in [0.2, 0.25) is 0 Å². The van der Waals surface area contributed by atoms with Crippen molar-refractivity contribution >= 4 is 11.9 Å². The Hall–Kier alpha value is -3.36. The van der Waals surface area contributed by atoms with Crippen LogP contribution in [0.3, 0.4) is 0 Å². The Morgan fingerprint density at radius 2 is 1.79 bits per heavy atom. The summed E-state index contributed by atoms with van der Waals surface area (Å²) in [5, 5.41) is 11.4. The first kappa shape index (κ1) is 20.9. The molecule has 28 heavy (non-hydrogen) atoms. The van der Waals surface area contributed by atoms with Crippen molar-refractivity contribution < 1.29 is 37.7 Å². The number of alkyl halides is 2. The van der Waals surface area contributed by atoms with Crippen molar-refractivity contribution in [2.45, 2.75) is 20.1 Å². The summed E-state index contributed by atoms with van der Waals surface area (Å²) in [4.78, 5) is 23.0. The van der Waals surface area contributed by atoms with Crippen LogP contribution in [-0.4, -0.2) is 36.8 Å². The minimum absolute atomic E-state index is 0.0309. The summed E-state index contributed by atoms with van der Waals surface area (Å²) < 4.78 is 39.1. The Balaban J connectivity index is 2.00. The molecule has 0 aliphatic heterocycles. The Morgan fingerprint density at radius 3 is 2.39 bits per heavy atom. The van der Waals surface area contributed by atoms with Gasteiger partial charge in [-0.15, -0.1) is 0 Å². The molecule has 0 fully saturated rings. The van der Waals surface area contributed by atoms with Gasteiger partial charge in [-0.1, -0.05) is 12.1 Å². The Morgan fingerprint density at radius 1 is 1.07 bits per heavy atom. The number of amides is 1. The SMILES string of the molecule is CCOc1cc(C(=O)NCc2ccc(OC(F)F)cc2)ccc1OCC(=O)O. The van der Waals surface area contributed by atoms with Gasteiger partial charge in [0, 0.05) is 12.1 Å². The second-order valence-corrected chi connectivity index (χ2v) is 5.48. The van der Waals surface area contributed by atoms with Crippen LogP contribution in [0.1, 0.15) is 22.8 Å². The number of halogens is 2. The van der Waals surface area contributed by atoms with Crippen molar-refractivity contribution in [3.8, 4) is 17.2 Å². The van der Waals surface area contributed by atoms with Gasteiger partial charge in [-0.2, -0.15) is 8.78 Å². The van der Waals surface area contributed by atoms with Gasteiger partial charge in [0.05, 0.1) is 6.61 Å². The van der Waals surface area contributed by atoms with E-state index in [4.69, 9.17) is 14.6 Å². The number of hydrogen-bond acceptors (Lipinski definition) is 5. The van der Waals surface area contributed by atoms with Gasteiger partial charge in [-0.25, -0.2) is 4.79 Å². The molecule has 150 valence electrons. The maximum absolute atomic E-state index is 12.3. The normalized spacial score (nSPS) is 10.4. The van der Waals surface area contributed by atoms with Gasteiger partial charge in [-0.3, -0.25) is 4.79 Å². The van der Waals surface area contributed by atoms with Gasteiger partial charge in [0.2, 0.25) is 0 Å². The van der Waals surface area contributed by atoms with E-state index in [1.54, 1.807) is 19.1 Å². The number of carbonyl (C=O) groups excluding carboxylic acids is 1. The number of hydrogen-bond donors (Lipinski definition) is 2. The maximum Gasteiger partial charge on any atom is 0.387 e. The number of carboxylic acids is 1. The third-order valence-corrected chi connectivity index (χ3v) is 3.46. The third kappa shape index (κ3) is 6.42. The fourth-order valence-electron chi connectivity index (χ4n) is 2.25. The maximum atomic E-state index is 12.3. The number of aliphatic carboxylic acids is 1. The molecule has 0 heterocycles. The summed E-state index contributed by atoms with van der Waals surface area (Å²) >= 11 is 0. The molecule has 0 radical (unpaired) electrons. The average Bonchev–Trinajstić information content (AvgIpc) is 2.66. The standard InChI is InChI=1S/C19H19F2NO6/c1-2-26-16-9-13(5-8-15(16)27-11-17(23)24)18(25)22-10-12-3-6-14(7-4-12)28-19(20)21/h3-9,19H,2,10-11H2,1H3,(H,22,25)(H,23,24). The molecular weight excluding hydrogens is 376 g/mol. The van der Waals surface area contributed by atoms with Crippen LogP contribution in [-0.2, 0) is 11.3 Å². The van der Waals surface area contributed by atoms with Crippen molar-refractivity contribution in [1.29, 1.82) is 0 Å². The van der Waals surface area contributed by atoms with Crippen molar-refractivity contribution in [3.63, 3.8) is 0 Å². The van der Waals surface area contributed by atoms with Crippen LogP contribution in [0.25, 0.3) is 0 Å². The Labute approximate surface area is 159 Å². The van der Waals surface area contributed by atoms with E-state index in [1.807, 2.05) is 0 Å². The van der Waals surface area contributed by atoms with Gasteiger partial charge in [0.1, 0.15) is 5.75 Å². The van der Waals surface area contributed by atoms with Gasteiger partial charge >= 0.3 is 12.6 Å². The van der Waals surface area contributed by atoms with Crippen LogP contribution in [0, 0.1) is 0 Å². The smallest absolute Gasteiger partial charge is 0.387 e. The Bertz CT molecular complexity index is 811. The summed E-state index contributed by atoms with van der Waals surface area (Å²) in [6.07, 6.45) is 0. The molecule has 0 saturated heterocycles. The first-order chi connectivity index (χ1) is 13.4. The van der Waals surface area contributed by atoms with Crippen LogP contribution in [0.5, 0.6) is 17.2 Å². The molecule has 0 aliphatic carbocycles. The molecule has 2 rings (SSSR count). The topological polar surface area (TPSA) is 94.1 Å². The lowest BCUT2D eigenvalue weighted by atomic mass is 10.1. The third-order valence-electron chi connectivity index (χ3n) is 3.46. The van der Waals surface area contributed by atoms with E-state index in [0.29, 0.717) is 17.7 Å². The van der Waals surface area contributed by atoms with Gasteiger partial charge in [0.25, 0.3) is 5.91 Å². The lowest BCUT2D eigenvalue weighted by Gasteiger charge is -2.12. The van der Waals surface area contributed by atoms with Crippen molar-refractivity contribution in [2.75, 3.05) is 13.2 Å². The summed E-state index contributed by atoms with van der Waals surface area (Å²) in [6, 6.07) is 10.3. The zero-order valence-corrected chi connectivity index (χ0v) is 15.0. The molecule has 7 nitrogen and oxygen atoms in total. The minimum Gasteiger partial charge on any atom is -0.490 e. The molecule has 0 aliphatic rings. The number of carboxylic acid groups (broad SMARTS) is 1. The molecule has 0 aromatic heterocycles. The van der Waals surface area contributed by atoms with Gasteiger partial charge < -0.3 is 24.6 Å².